The fourth-order valence-electron chi connectivity index (χ4n) is 1.89. The first-order chi connectivity index (χ1) is 7.72. The molecule has 5 nitrogen and oxygen atoms in total. The van der Waals surface area contributed by atoms with E-state index in [1.165, 1.54) is 0 Å². The summed E-state index contributed by atoms with van der Waals surface area (Å²) in [5.41, 5.74) is -0.0285. The monoisotopic (exact) mass is 222 g/mol. The highest BCUT2D eigenvalue weighted by Gasteiger charge is 2.27. The Morgan fingerprint density at radius 2 is 2.19 bits per heavy atom. The fourth-order valence-corrected chi connectivity index (χ4v) is 1.89. The lowest BCUT2D eigenvalue weighted by Crippen LogP contribution is -2.43. The summed E-state index contributed by atoms with van der Waals surface area (Å²) in [5.74, 6) is 1.56. The topological polar surface area (TPSA) is 59.1 Å². The fraction of sp³-hybridized carbons (Fsp3) is 0.636. The first-order valence-corrected chi connectivity index (χ1v) is 5.58. The Morgan fingerprint density at radius 3 is 2.88 bits per heavy atom. The van der Waals surface area contributed by atoms with Crippen molar-refractivity contribution in [2.45, 2.75) is 25.3 Å². The molecule has 1 aliphatic rings. The molecular formula is C11H18N4O. The van der Waals surface area contributed by atoms with Gasteiger partial charge in [-0.2, -0.15) is 0 Å². The molecule has 1 fully saturated rings. The zero-order chi connectivity index (χ0) is 11.4. The minimum absolute atomic E-state index is 0.0285. The van der Waals surface area contributed by atoms with Crippen LogP contribution in [0.5, 0.6) is 0 Å². The van der Waals surface area contributed by atoms with Gasteiger partial charge in [0.15, 0.2) is 0 Å². The van der Waals surface area contributed by atoms with Crippen LogP contribution < -0.4 is 10.6 Å². The second kappa shape index (κ2) is 4.65. The first-order valence-electron chi connectivity index (χ1n) is 5.58. The van der Waals surface area contributed by atoms with E-state index < -0.39 is 0 Å². The van der Waals surface area contributed by atoms with Crippen molar-refractivity contribution < 1.29 is 4.74 Å². The van der Waals surface area contributed by atoms with Crippen molar-refractivity contribution in [2.75, 3.05) is 30.9 Å². The average molecular weight is 222 g/mol. The normalized spacial score (nSPS) is 25.1. The summed E-state index contributed by atoms with van der Waals surface area (Å²) < 4.78 is 5.49. The molecule has 1 unspecified atom stereocenters. The van der Waals surface area contributed by atoms with E-state index in [-0.39, 0.29) is 5.54 Å². The molecule has 16 heavy (non-hydrogen) atoms. The molecule has 2 N–H and O–H groups in total. The summed E-state index contributed by atoms with van der Waals surface area (Å²) in [5, 5.41) is 6.37. The van der Waals surface area contributed by atoms with Gasteiger partial charge in [0.25, 0.3) is 0 Å². The molecule has 1 aliphatic heterocycles. The molecule has 88 valence electrons. The highest BCUT2D eigenvalue weighted by molar-refractivity contribution is 5.42. The number of nitrogens with zero attached hydrogens (tertiary/aromatic N) is 2. The molecule has 2 rings (SSSR count). The maximum Gasteiger partial charge on any atom is 0.147 e. The summed E-state index contributed by atoms with van der Waals surface area (Å²) in [6.07, 6.45) is 5.62. The molecule has 1 saturated heterocycles. The first kappa shape index (κ1) is 11.1. The Balaban J connectivity index is 2.07. The maximum atomic E-state index is 5.49. The van der Waals surface area contributed by atoms with Crippen LogP contribution in [0, 0.1) is 0 Å². The minimum atomic E-state index is -0.0285. The summed E-state index contributed by atoms with van der Waals surface area (Å²) in [6, 6.07) is 0. The molecule has 0 bridgehead atoms. The van der Waals surface area contributed by atoms with Gasteiger partial charge in [-0.05, 0) is 19.8 Å². The second-order valence-corrected chi connectivity index (χ2v) is 4.38. The van der Waals surface area contributed by atoms with Crippen LogP contribution in [0.4, 0.5) is 11.6 Å². The van der Waals surface area contributed by atoms with Crippen molar-refractivity contribution in [1.29, 1.82) is 0 Å². The Morgan fingerprint density at radius 1 is 1.38 bits per heavy atom. The minimum Gasteiger partial charge on any atom is -0.379 e. The Bertz CT molecular complexity index is 350. The van der Waals surface area contributed by atoms with Crippen LogP contribution in [0.15, 0.2) is 12.4 Å². The molecule has 5 heteroatoms. The largest absolute Gasteiger partial charge is 0.379 e. The summed E-state index contributed by atoms with van der Waals surface area (Å²) in [7, 11) is 1.83. The summed E-state index contributed by atoms with van der Waals surface area (Å²) >= 11 is 0. The molecular weight excluding hydrogens is 204 g/mol. The number of anilines is 2. The average Bonchev–Trinajstić information content (AvgIpc) is 2.29. The zero-order valence-electron chi connectivity index (χ0n) is 9.79. The molecule has 0 amide bonds. The predicted molar refractivity (Wildman–Crippen MR) is 63.7 cm³/mol. The zero-order valence-corrected chi connectivity index (χ0v) is 9.79. The molecule has 2 heterocycles. The quantitative estimate of drug-likeness (QED) is 0.811. The highest BCUT2D eigenvalue weighted by Crippen LogP contribution is 2.23. The number of aromatic nitrogens is 2. The van der Waals surface area contributed by atoms with Gasteiger partial charge in [-0.25, -0.2) is 4.98 Å². The van der Waals surface area contributed by atoms with Gasteiger partial charge < -0.3 is 15.4 Å². The van der Waals surface area contributed by atoms with Crippen LogP contribution in [0.3, 0.4) is 0 Å². The molecule has 1 aromatic rings. The van der Waals surface area contributed by atoms with E-state index in [9.17, 15) is 0 Å². The van der Waals surface area contributed by atoms with Crippen LogP contribution in [0.2, 0.25) is 0 Å². The lowest BCUT2D eigenvalue weighted by Gasteiger charge is -2.34. The number of hydrogen-bond acceptors (Lipinski definition) is 5. The highest BCUT2D eigenvalue weighted by atomic mass is 16.5. The van der Waals surface area contributed by atoms with Gasteiger partial charge in [-0.15, -0.1) is 0 Å². The third kappa shape index (κ3) is 2.61. The van der Waals surface area contributed by atoms with E-state index in [1.54, 1.807) is 12.4 Å². The molecule has 0 spiro atoms. The van der Waals surface area contributed by atoms with Gasteiger partial charge in [0.05, 0.1) is 24.5 Å². The van der Waals surface area contributed by atoms with E-state index in [1.807, 2.05) is 7.05 Å². The molecule has 0 radical (unpaired) electrons. The smallest absolute Gasteiger partial charge is 0.147 e. The van der Waals surface area contributed by atoms with Crippen LogP contribution >= 0.6 is 0 Å². The molecule has 1 aromatic heterocycles. The van der Waals surface area contributed by atoms with Gasteiger partial charge in [0, 0.05) is 13.7 Å². The number of rotatable bonds is 3. The molecule has 0 aromatic carbocycles. The standard InChI is InChI=1S/C11H18N4O/c1-11(4-3-5-16-8-11)15-10-7-13-6-9(12-2)14-10/h6-7H,3-5,8H2,1-2H3,(H2,12,14,15). The lowest BCUT2D eigenvalue weighted by molar-refractivity contribution is 0.0539. The number of hydrogen-bond donors (Lipinski definition) is 2. The van der Waals surface area contributed by atoms with Crippen LogP contribution in [-0.2, 0) is 4.74 Å². The molecule has 0 aliphatic carbocycles. The van der Waals surface area contributed by atoms with E-state index in [2.05, 4.69) is 27.5 Å². The maximum absolute atomic E-state index is 5.49. The summed E-state index contributed by atoms with van der Waals surface area (Å²) in [6.45, 7) is 3.73. The third-order valence-electron chi connectivity index (χ3n) is 2.76. The van der Waals surface area contributed by atoms with E-state index in [0.717, 1.165) is 37.7 Å². The number of nitrogens with one attached hydrogen (secondary N) is 2. The predicted octanol–water partition coefficient (Wildman–Crippen LogP) is 1.50. The third-order valence-corrected chi connectivity index (χ3v) is 2.76. The van der Waals surface area contributed by atoms with Crippen molar-refractivity contribution in [3.63, 3.8) is 0 Å². The molecule has 0 saturated carbocycles. The van der Waals surface area contributed by atoms with E-state index in [4.69, 9.17) is 4.74 Å². The van der Waals surface area contributed by atoms with Gasteiger partial charge >= 0.3 is 0 Å². The molecule has 1 atom stereocenters. The SMILES string of the molecule is CNc1cncc(NC2(C)CCCOC2)n1. The Kier molecular flexibility index (Phi) is 3.24. The van der Waals surface area contributed by atoms with Gasteiger partial charge in [-0.1, -0.05) is 0 Å². The van der Waals surface area contributed by atoms with Crippen LogP contribution in [0.25, 0.3) is 0 Å². The van der Waals surface area contributed by atoms with Crippen molar-refractivity contribution in [3.8, 4) is 0 Å². The van der Waals surface area contributed by atoms with Gasteiger partial charge in [0.2, 0.25) is 0 Å². The summed E-state index contributed by atoms with van der Waals surface area (Å²) in [4.78, 5) is 8.51. The van der Waals surface area contributed by atoms with E-state index >= 15 is 0 Å². The Hall–Kier alpha value is -1.36. The van der Waals surface area contributed by atoms with Crippen LogP contribution in [-0.4, -0.2) is 35.8 Å². The van der Waals surface area contributed by atoms with Crippen LogP contribution in [0.1, 0.15) is 19.8 Å². The van der Waals surface area contributed by atoms with Crippen molar-refractivity contribution in [1.82, 2.24) is 9.97 Å². The lowest BCUT2D eigenvalue weighted by atomic mass is 9.95. The second-order valence-electron chi connectivity index (χ2n) is 4.38. The van der Waals surface area contributed by atoms with Crippen molar-refractivity contribution in [3.05, 3.63) is 12.4 Å². The van der Waals surface area contributed by atoms with E-state index in [0.29, 0.717) is 0 Å². The number of ether oxygens (including phenoxy) is 1. The van der Waals surface area contributed by atoms with Crippen molar-refractivity contribution in [2.24, 2.45) is 0 Å². The van der Waals surface area contributed by atoms with Gasteiger partial charge in [-0.3, -0.25) is 4.98 Å². The van der Waals surface area contributed by atoms with Crippen molar-refractivity contribution >= 4 is 11.6 Å². The van der Waals surface area contributed by atoms with Gasteiger partial charge in [0.1, 0.15) is 11.6 Å². The Labute approximate surface area is 95.6 Å².